The van der Waals surface area contributed by atoms with E-state index in [0.29, 0.717) is 11.2 Å². The molecule has 1 N–H and O–H groups in total. The number of furan rings is 1. The average molecular weight is 356 g/mol. The van der Waals surface area contributed by atoms with Gasteiger partial charge >= 0.3 is 0 Å². The first-order valence-electron chi connectivity index (χ1n) is 9.00. The van der Waals surface area contributed by atoms with E-state index in [4.69, 9.17) is 4.42 Å². The first kappa shape index (κ1) is 16.7. The van der Waals surface area contributed by atoms with Crippen molar-refractivity contribution in [3.63, 3.8) is 0 Å². The van der Waals surface area contributed by atoms with E-state index in [-0.39, 0.29) is 5.91 Å². The van der Waals surface area contributed by atoms with Gasteiger partial charge in [-0.1, -0.05) is 18.2 Å². The van der Waals surface area contributed by atoms with Gasteiger partial charge in [-0.05, 0) is 49.4 Å². The van der Waals surface area contributed by atoms with Crippen molar-refractivity contribution in [1.29, 1.82) is 0 Å². The van der Waals surface area contributed by atoms with E-state index in [0.717, 1.165) is 50.3 Å². The average Bonchev–Trinajstić information content (AvgIpc) is 3.31. The number of hydrogen-bond donors (Lipinski definition) is 1. The summed E-state index contributed by atoms with van der Waals surface area (Å²) in [7, 11) is 0. The molecule has 0 unspecified atom stereocenters. The molecular formula is C20H24N2O2S. The SMILES string of the molecule is O=C(c1occc1CSc1ccccc1)N1CCC2(CCNC2)CC1. The molecule has 5 heteroatoms. The molecule has 1 amide bonds. The molecule has 2 aliphatic heterocycles. The van der Waals surface area contributed by atoms with Gasteiger partial charge in [-0.2, -0.15) is 0 Å². The lowest BCUT2D eigenvalue weighted by Crippen LogP contribution is -2.44. The Bertz CT molecular complexity index is 712. The quantitative estimate of drug-likeness (QED) is 0.847. The number of hydrogen-bond acceptors (Lipinski definition) is 4. The molecule has 2 fully saturated rings. The first-order chi connectivity index (χ1) is 12.3. The summed E-state index contributed by atoms with van der Waals surface area (Å²) in [6.45, 7) is 3.90. The Kier molecular flexibility index (Phi) is 4.86. The van der Waals surface area contributed by atoms with Crippen LogP contribution in [0.2, 0.25) is 0 Å². The van der Waals surface area contributed by atoms with E-state index >= 15 is 0 Å². The summed E-state index contributed by atoms with van der Waals surface area (Å²) in [6.07, 6.45) is 5.08. The summed E-state index contributed by atoms with van der Waals surface area (Å²) in [4.78, 5) is 16.1. The summed E-state index contributed by atoms with van der Waals surface area (Å²) in [5.74, 6) is 1.32. The number of benzene rings is 1. The maximum absolute atomic E-state index is 12.9. The van der Waals surface area contributed by atoms with Crippen LogP contribution in [-0.2, 0) is 5.75 Å². The van der Waals surface area contributed by atoms with Crippen molar-refractivity contribution in [2.24, 2.45) is 5.41 Å². The smallest absolute Gasteiger partial charge is 0.289 e. The Hall–Kier alpha value is -1.72. The van der Waals surface area contributed by atoms with Gasteiger partial charge in [-0.3, -0.25) is 4.79 Å². The normalized spacial score (nSPS) is 19.4. The summed E-state index contributed by atoms with van der Waals surface area (Å²) in [5.41, 5.74) is 1.41. The van der Waals surface area contributed by atoms with Crippen molar-refractivity contribution in [1.82, 2.24) is 10.2 Å². The van der Waals surface area contributed by atoms with Crippen molar-refractivity contribution in [3.8, 4) is 0 Å². The number of likely N-dealkylation sites (tertiary alicyclic amines) is 1. The van der Waals surface area contributed by atoms with Gasteiger partial charge in [0.1, 0.15) is 0 Å². The lowest BCUT2D eigenvalue weighted by atomic mass is 9.78. The molecule has 0 radical (unpaired) electrons. The van der Waals surface area contributed by atoms with Crippen LogP contribution < -0.4 is 5.32 Å². The molecule has 0 saturated carbocycles. The third-order valence-corrected chi connectivity index (χ3v) is 6.58. The second-order valence-corrected chi connectivity index (χ2v) is 8.14. The number of carbonyl (C=O) groups is 1. The summed E-state index contributed by atoms with van der Waals surface area (Å²) < 4.78 is 5.57. The molecule has 2 aliphatic rings. The lowest BCUT2D eigenvalue weighted by Gasteiger charge is -2.38. The number of rotatable bonds is 4. The van der Waals surface area contributed by atoms with Crippen molar-refractivity contribution in [2.75, 3.05) is 26.2 Å². The third kappa shape index (κ3) is 3.62. The summed E-state index contributed by atoms with van der Waals surface area (Å²) in [6, 6.07) is 12.2. The highest BCUT2D eigenvalue weighted by Crippen LogP contribution is 2.37. The van der Waals surface area contributed by atoms with Crippen molar-refractivity contribution in [3.05, 3.63) is 54.0 Å². The highest BCUT2D eigenvalue weighted by molar-refractivity contribution is 7.98. The van der Waals surface area contributed by atoms with Crippen LogP contribution >= 0.6 is 11.8 Å². The molecule has 3 heterocycles. The Labute approximate surface area is 153 Å². The van der Waals surface area contributed by atoms with Crippen molar-refractivity contribution >= 4 is 17.7 Å². The van der Waals surface area contributed by atoms with Crippen LogP contribution in [0.4, 0.5) is 0 Å². The minimum absolute atomic E-state index is 0.0504. The van der Waals surface area contributed by atoms with Gasteiger partial charge < -0.3 is 14.6 Å². The second-order valence-electron chi connectivity index (χ2n) is 7.10. The minimum Gasteiger partial charge on any atom is -0.459 e. The van der Waals surface area contributed by atoms with Gasteiger partial charge in [0.15, 0.2) is 5.76 Å². The highest BCUT2D eigenvalue weighted by atomic mass is 32.2. The van der Waals surface area contributed by atoms with Gasteiger partial charge in [0, 0.05) is 35.8 Å². The zero-order valence-corrected chi connectivity index (χ0v) is 15.2. The first-order valence-corrected chi connectivity index (χ1v) is 9.99. The molecule has 1 spiro atoms. The number of carbonyl (C=O) groups excluding carboxylic acids is 1. The van der Waals surface area contributed by atoms with Crippen LogP contribution in [0.15, 0.2) is 52.0 Å². The molecule has 25 heavy (non-hydrogen) atoms. The maximum Gasteiger partial charge on any atom is 0.289 e. The van der Waals surface area contributed by atoms with E-state index in [1.807, 2.05) is 29.2 Å². The Morgan fingerprint density at radius 3 is 2.68 bits per heavy atom. The van der Waals surface area contributed by atoms with E-state index in [1.165, 1.54) is 11.3 Å². The van der Waals surface area contributed by atoms with Crippen LogP contribution in [0.1, 0.15) is 35.4 Å². The van der Waals surface area contributed by atoms with Crippen LogP contribution in [0.3, 0.4) is 0 Å². The molecule has 1 aromatic carbocycles. The maximum atomic E-state index is 12.9. The molecule has 4 rings (SSSR count). The molecule has 0 bridgehead atoms. The summed E-state index contributed by atoms with van der Waals surface area (Å²) >= 11 is 1.73. The molecule has 0 atom stereocenters. The fraction of sp³-hybridized carbons (Fsp3) is 0.450. The molecule has 1 aromatic heterocycles. The largest absolute Gasteiger partial charge is 0.459 e. The number of thioether (sulfide) groups is 1. The van der Waals surface area contributed by atoms with E-state index in [2.05, 4.69) is 17.4 Å². The van der Waals surface area contributed by atoms with Crippen LogP contribution in [-0.4, -0.2) is 37.0 Å². The second kappa shape index (κ2) is 7.26. The van der Waals surface area contributed by atoms with E-state index in [1.54, 1.807) is 18.0 Å². The van der Waals surface area contributed by atoms with E-state index in [9.17, 15) is 4.79 Å². The molecule has 0 aliphatic carbocycles. The molecule has 132 valence electrons. The lowest BCUT2D eigenvalue weighted by molar-refractivity contribution is 0.0576. The standard InChI is InChI=1S/C20H24N2O2S/c23-19(22-11-8-20(9-12-22)7-10-21-15-20)18-16(6-13-24-18)14-25-17-4-2-1-3-5-17/h1-6,13,21H,7-12,14-15H2. The van der Waals surface area contributed by atoms with Gasteiger partial charge in [0.2, 0.25) is 0 Å². The summed E-state index contributed by atoms with van der Waals surface area (Å²) in [5, 5.41) is 3.47. The Morgan fingerprint density at radius 1 is 1.16 bits per heavy atom. The number of nitrogens with one attached hydrogen (secondary N) is 1. The molecular weight excluding hydrogens is 332 g/mol. The van der Waals surface area contributed by atoms with Crippen LogP contribution in [0, 0.1) is 5.41 Å². The monoisotopic (exact) mass is 356 g/mol. The Morgan fingerprint density at radius 2 is 1.96 bits per heavy atom. The fourth-order valence-electron chi connectivity index (χ4n) is 3.86. The minimum atomic E-state index is 0.0504. The number of nitrogens with zero attached hydrogens (tertiary/aromatic N) is 1. The van der Waals surface area contributed by atoms with Gasteiger partial charge in [0.05, 0.1) is 6.26 Å². The number of amides is 1. The number of piperidine rings is 1. The van der Waals surface area contributed by atoms with Crippen molar-refractivity contribution < 1.29 is 9.21 Å². The Balaban J connectivity index is 1.39. The predicted molar refractivity (Wildman–Crippen MR) is 99.8 cm³/mol. The van der Waals surface area contributed by atoms with Gasteiger partial charge in [-0.15, -0.1) is 11.8 Å². The molecule has 2 aromatic rings. The van der Waals surface area contributed by atoms with Gasteiger partial charge in [0.25, 0.3) is 5.91 Å². The highest BCUT2D eigenvalue weighted by Gasteiger charge is 2.38. The molecule has 4 nitrogen and oxygen atoms in total. The van der Waals surface area contributed by atoms with Crippen LogP contribution in [0.25, 0.3) is 0 Å². The zero-order chi connectivity index (χ0) is 17.1. The van der Waals surface area contributed by atoms with Gasteiger partial charge in [-0.25, -0.2) is 0 Å². The third-order valence-electron chi connectivity index (χ3n) is 5.52. The molecule has 2 saturated heterocycles. The van der Waals surface area contributed by atoms with E-state index < -0.39 is 0 Å². The predicted octanol–water partition coefficient (Wildman–Crippen LogP) is 3.79. The topological polar surface area (TPSA) is 45.5 Å². The fourth-order valence-corrected chi connectivity index (χ4v) is 4.76. The zero-order valence-electron chi connectivity index (χ0n) is 14.4. The van der Waals surface area contributed by atoms with Crippen LogP contribution in [0.5, 0.6) is 0 Å². The van der Waals surface area contributed by atoms with Crippen molar-refractivity contribution in [2.45, 2.75) is 29.9 Å².